The Balaban J connectivity index is 1.31. The van der Waals surface area contributed by atoms with Crippen LogP contribution in [0, 0.1) is 0 Å². The molecule has 0 amide bonds. The van der Waals surface area contributed by atoms with Crippen molar-refractivity contribution >= 4 is 11.9 Å². The highest BCUT2D eigenvalue weighted by atomic mass is 16.5. The van der Waals surface area contributed by atoms with Crippen LogP contribution < -0.4 is 9.47 Å². The molecule has 2 aliphatic heterocycles. The van der Waals surface area contributed by atoms with E-state index in [0.29, 0.717) is 23.5 Å². The number of piperidine rings is 1. The van der Waals surface area contributed by atoms with Gasteiger partial charge in [0.2, 0.25) is 0 Å². The molecule has 2 heterocycles. The highest BCUT2D eigenvalue weighted by Crippen LogP contribution is 2.31. The van der Waals surface area contributed by atoms with E-state index in [0.717, 1.165) is 24.3 Å². The molecule has 2 aromatic rings. The summed E-state index contributed by atoms with van der Waals surface area (Å²) in [5.74, 6) is 1.30. The number of phenols is 1. The van der Waals surface area contributed by atoms with E-state index in [1.165, 1.54) is 44.5 Å². The SMILES string of the molecule is O=C1C(=Cc2ccc(OCCCN3CCCCC3)cc2)COc2cc(O)ccc21. The van der Waals surface area contributed by atoms with E-state index in [2.05, 4.69) is 4.90 Å². The third-order valence-electron chi connectivity index (χ3n) is 5.44. The predicted octanol–water partition coefficient (Wildman–Crippen LogP) is 4.31. The van der Waals surface area contributed by atoms with Gasteiger partial charge in [-0.05, 0) is 68.3 Å². The van der Waals surface area contributed by atoms with Gasteiger partial charge in [0, 0.05) is 18.2 Å². The van der Waals surface area contributed by atoms with E-state index in [1.807, 2.05) is 30.3 Å². The van der Waals surface area contributed by atoms with Crippen molar-refractivity contribution in [3.63, 3.8) is 0 Å². The predicted molar refractivity (Wildman–Crippen MR) is 113 cm³/mol. The molecule has 1 saturated heterocycles. The second-order valence-corrected chi connectivity index (χ2v) is 7.64. The molecule has 0 aliphatic carbocycles. The number of nitrogens with zero attached hydrogens (tertiary/aromatic N) is 1. The summed E-state index contributed by atoms with van der Waals surface area (Å²) in [6, 6.07) is 12.3. The first-order valence-electron chi connectivity index (χ1n) is 10.4. The highest BCUT2D eigenvalue weighted by Gasteiger charge is 2.23. The van der Waals surface area contributed by atoms with Gasteiger partial charge < -0.3 is 19.5 Å². The van der Waals surface area contributed by atoms with Gasteiger partial charge in [0.05, 0.1) is 12.2 Å². The second-order valence-electron chi connectivity index (χ2n) is 7.64. The average Bonchev–Trinajstić information content (AvgIpc) is 2.75. The molecule has 1 fully saturated rings. The number of Topliss-reactive ketones (excluding diaryl/α,β-unsaturated/α-hetero) is 1. The van der Waals surface area contributed by atoms with Crippen molar-refractivity contribution in [2.75, 3.05) is 32.8 Å². The molecule has 0 unspecified atom stereocenters. The minimum absolute atomic E-state index is 0.0655. The summed E-state index contributed by atoms with van der Waals surface area (Å²) in [5, 5.41) is 9.53. The van der Waals surface area contributed by atoms with Crippen LogP contribution in [0.25, 0.3) is 6.08 Å². The van der Waals surface area contributed by atoms with Gasteiger partial charge in [-0.15, -0.1) is 0 Å². The number of phenolic OH excluding ortho intramolecular Hbond substituents is 1. The van der Waals surface area contributed by atoms with Crippen LogP contribution in [0.4, 0.5) is 0 Å². The molecule has 0 radical (unpaired) electrons. The lowest BCUT2D eigenvalue weighted by Gasteiger charge is -2.26. The lowest BCUT2D eigenvalue weighted by Crippen LogP contribution is -2.31. The number of aromatic hydroxyl groups is 1. The Morgan fingerprint density at radius 3 is 2.66 bits per heavy atom. The van der Waals surface area contributed by atoms with Crippen LogP contribution in [0.15, 0.2) is 48.0 Å². The van der Waals surface area contributed by atoms with Gasteiger partial charge in [-0.3, -0.25) is 4.79 Å². The molecule has 152 valence electrons. The van der Waals surface area contributed by atoms with E-state index in [4.69, 9.17) is 9.47 Å². The number of carbonyl (C=O) groups is 1. The summed E-state index contributed by atoms with van der Waals surface area (Å²) >= 11 is 0. The number of likely N-dealkylation sites (tertiary alicyclic amines) is 1. The summed E-state index contributed by atoms with van der Waals surface area (Å²) in [7, 11) is 0. The Bertz CT molecular complexity index is 882. The average molecular weight is 393 g/mol. The molecule has 2 aliphatic rings. The smallest absolute Gasteiger partial charge is 0.196 e. The van der Waals surface area contributed by atoms with Crippen LogP contribution in [0.5, 0.6) is 17.2 Å². The molecule has 0 aromatic heterocycles. The molecule has 1 N–H and O–H groups in total. The van der Waals surface area contributed by atoms with Gasteiger partial charge in [0.25, 0.3) is 0 Å². The van der Waals surface area contributed by atoms with Gasteiger partial charge in [-0.25, -0.2) is 0 Å². The van der Waals surface area contributed by atoms with E-state index < -0.39 is 0 Å². The number of benzene rings is 2. The number of rotatable bonds is 6. The monoisotopic (exact) mass is 393 g/mol. The first kappa shape index (κ1) is 19.5. The molecule has 4 rings (SSSR count). The number of carbonyl (C=O) groups excluding carboxylic acids is 1. The van der Waals surface area contributed by atoms with E-state index in [-0.39, 0.29) is 18.1 Å². The standard InChI is InChI=1S/C24H27NO4/c26-20-7-10-22-23(16-20)29-17-19(24(22)27)15-18-5-8-21(9-6-18)28-14-4-13-25-11-2-1-3-12-25/h5-10,15-16,26H,1-4,11-14,17H2. The summed E-state index contributed by atoms with van der Waals surface area (Å²) < 4.78 is 11.5. The lowest BCUT2D eigenvalue weighted by atomic mass is 9.98. The molecule has 2 aromatic carbocycles. The zero-order chi connectivity index (χ0) is 20.1. The van der Waals surface area contributed by atoms with Crippen LogP contribution in [0.1, 0.15) is 41.6 Å². The van der Waals surface area contributed by atoms with Crippen molar-refractivity contribution in [3.05, 3.63) is 59.2 Å². The van der Waals surface area contributed by atoms with Crippen LogP contribution in [0.2, 0.25) is 0 Å². The van der Waals surface area contributed by atoms with Crippen molar-refractivity contribution in [2.45, 2.75) is 25.7 Å². The summed E-state index contributed by atoms with van der Waals surface area (Å²) in [6.07, 6.45) is 6.88. The Morgan fingerprint density at radius 1 is 1.07 bits per heavy atom. The van der Waals surface area contributed by atoms with Gasteiger partial charge in [0.1, 0.15) is 23.9 Å². The minimum atomic E-state index is -0.0655. The quantitative estimate of drug-likeness (QED) is 0.586. The fraction of sp³-hybridized carbons (Fsp3) is 0.375. The van der Waals surface area contributed by atoms with Gasteiger partial charge in [-0.2, -0.15) is 0 Å². The van der Waals surface area contributed by atoms with Crippen molar-refractivity contribution in [1.82, 2.24) is 4.90 Å². The third kappa shape index (κ3) is 4.98. The Kier molecular flexibility index (Phi) is 6.15. The first-order valence-corrected chi connectivity index (χ1v) is 10.4. The van der Waals surface area contributed by atoms with Crippen molar-refractivity contribution in [3.8, 4) is 17.2 Å². The van der Waals surface area contributed by atoms with Gasteiger partial charge >= 0.3 is 0 Å². The summed E-state index contributed by atoms with van der Waals surface area (Å²) in [4.78, 5) is 15.2. The van der Waals surface area contributed by atoms with E-state index >= 15 is 0 Å². The fourth-order valence-electron chi connectivity index (χ4n) is 3.84. The molecule has 0 atom stereocenters. The molecule has 0 spiro atoms. The number of hydrogen-bond donors (Lipinski definition) is 1. The zero-order valence-electron chi connectivity index (χ0n) is 16.6. The topological polar surface area (TPSA) is 59.0 Å². The van der Waals surface area contributed by atoms with Crippen LogP contribution in [-0.4, -0.2) is 48.6 Å². The van der Waals surface area contributed by atoms with Crippen LogP contribution >= 0.6 is 0 Å². The van der Waals surface area contributed by atoms with E-state index in [9.17, 15) is 9.90 Å². The number of ketones is 1. The Labute approximate surface area is 171 Å². The lowest BCUT2D eigenvalue weighted by molar-refractivity contribution is 0.100. The second kappa shape index (κ2) is 9.14. The fourth-order valence-corrected chi connectivity index (χ4v) is 3.84. The number of hydrogen-bond acceptors (Lipinski definition) is 5. The van der Waals surface area contributed by atoms with Crippen LogP contribution in [0.3, 0.4) is 0 Å². The molecule has 5 heteroatoms. The maximum atomic E-state index is 12.6. The summed E-state index contributed by atoms with van der Waals surface area (Å²) in [5.41, 5.74) is 2.01. The number of ether oxygens (including phenoxy) is 2. The van der Waals surface area contributed by atoms with Crippen LogP contribution in [-0.2, 0) is 0 Å². The molecule has 0 saturated carbocycles. The maximum Gasteiger partial charge on any atom is 0.196 e. The maximum absolute atomic E-state index is 12.6. The minimum Gasteiger partial charge on any atom is -0.508 e. The number of fused-ring (bicyclic) bond motifs is 1. The van der Waals surface area contributed by atoms with Gasteiger partial charge in [-0.1, -0.05) is 18.6 Å². The normalized spacial score (nSPS) is 18.3. The Morgan fingerprint density at radius 2 is 1.86 bits per heavy atom. The zero-order valence-corrected chi connectivity index (χ0v) is 16.6. The third-order valence-corrected chi connectivity index (χ3v) is 5.44. The van der Waals surface area contributed by atoms with E-state index in [1.54, 1.807) is 6.07 Å². The largest absolute Gasteiger partial charge is 0.508 e. The van der Waals surface area contributed by atoms with Crippen molar-refractivity contribution in [2.24, 2.45) is 0 Å². The molecular weight excluding hydrogens is 366 g/mol. The molecule has 29 heavy (non-hydrogen) atoms. The highest BCUT2D eigenvalue weighted by molar-refractivity contribution is 6.14. The summed E-state index contributed by atoms with van der Waals surface area (Å²) in [6.45, 7) is 4.46. The molecule has 5 nitrogen and oxygen atoms in total. The van der Waals surface area contributed by atoms with Crippen molar-refractivity contribution in [1.29, 1.82) is 0 Å². The molecular formula is C24H27NO4. The Hall–Kier alpha value is -2.79. The molecule has 0 bridgehead atoms. The van der Waals surface area contributed by atoms with Gasteiger partial charge in [0.15, 0.2) is 5.78 Å². The van der Waals surface area contributed by atoms with Crippen molar-refractivity contribution < 1.29 is 19.4 Å². The first-order chi connectivity index (χ1) is 14.2.